The Balaban J connectivity index is 1.79. The van der Waals surface area contributed by atoms with E-state index in [-0.39, 0.29) is 12.0 Å². The van der Waals surface area contributed by atoms with Crippen LogP contribution in [0.3, 0.4) is 0 Å². The van der Waals surface area contributed by atoms with Crippen molar-refractivity contribution in [1.29, 1.82) is 0 Å². The largest absolute Gasteiger partial charge is 0.382 e. The molecule has 6 nitrogen and oxygen atoms in total. The molecule has 0 aromatic carbocycles. The van der Waals surface area contributed by atoms with Gasteiger partial charge in [-0.15, -0.1) is 0 Å². The number of carbonyl (C=O) groups excluding carboxylic acids is 1. The third kappa shape index (κ3) is 2.52. The van der Waals surface area contributed by atoms with E-state index in [1.54, 1.807) is 7.11 Å². The van der Waals surface area contributed by atoms with Crippen LogP contribution in [0.1, 0.15) is 29.6 Å². The number of nitrogen functional groups attached to an aromatic ring is 1. The summed E-state index contributed by atoms with van der Waals surface area (Å²) < 4.78 is 9.49. The van der Waals surface area contributed by atoms with Crippen molar-refractivity contribution >= 4 is 28.3 Å². The van der Waals surface area contributed by atoms with Gasteiger partial charge in [-0.2, -0.15) is 4.37 Å². The van der Waals surface area contributed by atoms with Crippen molar-refractivity contribution in [3.8, 4) is 0 Å². The molecular weight excluding hydrogens is 264 g/mol. The molecule has 0 bridgehead atoms. The van der Waals surface area contributed by atoms with Gasteiger partial charge in [0.1, 0.15) is 10.6 Å². The Labute approximate surface area is 116 Å². The fourth-order valence-electron chi connectivity index (χ4n) is 2.31. The van der Waals surface area contributed by atoms with Gasteiger partial charge in [0.2, 0.25) is 0 Å². The molecule has 2 fully saturated rings. The molecule has 3 N–H and O–H groups in total. The summed E-state index contributed by atoms with van der Waals surface area (Å²) in [5.41, 5.74) is 6.39. The molecule has 7 heteroatoms. The van der Waals surface area contributed by atoms with Crippen LogP contribution in [-0.4, -0.2) is 42.6 Å². The zero-order chi connectivity index (χ0) is 13.4. The monoisotopic (exact) mass is 282 g/mol. The zero-order valence-corrected chi connectivity index (χ0v) is 11.7. The zero-order valence-electron chi connectivity index (χ0n) is 10.9. The van der Waals surface area contributed by atoms with Crippen molar-refractivity contribution in [2.24, 2.45) is 0 Å². The van der Waals surface area contributed by atoms with Crippen LogP contribution in [0, 0.1) is 0 Å². The molecule has 1 unspecified atom stereocenters. The summed E-state index contributed by atoms with van der Waals surface area (Å²) in [6.45, 7) is 1.67. The Hall–Kier alpha value is -1.34. The summed E-state index contributed by atoms with van der Waals surface area (Å²) >= 11 is 1.30. The van der Waals surface area contributed by atoms with Gasteiger partial charge in [0.05, 0.1) is 6.10 Å². The molecule has 19 heavy (non-hydrogen) atoms. The molecule has 1 atom stereocenters. The van der Waals surface area contributed by atoms with E-state index in [0.29, 0.717) is 17.4 Å². The molecule has 1 aliphatic heterocycles. The van der Waals surface area contributed by atoms with Crippen LogP contribution in [0.5, 0.6) is 0 Å². The third-order valence-corrected chi connectivity index (χ3v) is 4.53. The van der Waals surface area contributed by atoms with Crippen LogP contribution >= 0.6 is 11.5 Å². The molecule has 3 rings (SSSR count). The highest BCUT2D eigenvalue weighted by Crippen LogP contribution is 2.34. The summed E-state index contributed by atoms with van der Waals surface area (Å²) in [5.74, 6) is 0.239. The first-order chi connectivity index (χ1) is 9.19. The van der Waals surface area contributed by atoms with Crippen molar-refractivity contribution in [1.82, 2.24) is 9.69 Å². The first kappa shape index (κ1) is 12.7. The second-order valence-electron chi connectivity index (χ2n) is 5.09. The van der Waals surface area contributed by atoms with Crippen LogP contribution in [-0.2, 0) is 4.74 Å². The van der Waals surface area contributed by atoms with Gasteiger partial charge in [-0.3, -0.25) is 4.79 Å². The van der Waals surface area contributed by atoms with E-state index in [9.17, 15) is 4.79 Å². The van der Waals surface area contributed by atoms with Gasteiger partial charge in [0.15, 0.2) is 5.82 Å². The fraction of sp³-hybridized carbons (Fsp3) is 0.667. The number of anilines is 2. The minimum atomic E-state index is -0.0929. The number of ether oxygens (including phenoxy) is 1. The summed E-state index contributed by atoms with van der Waals surface area (Å²) in [6.07, 6.45) is 3.32. The normalized spacial score (nSPS) is 22.8. The smallest absolute Gasteiger partial charge is 0.258 e. The number of aromatic nitrogens is 1. The number of nitrogens with one attached hydrogen (secondary N) is 1. The van der Waals surface area contributed by atoms with Crippen LogP contribution < -0.4 is 16.0 Å². The van der Waals surface area contributed by atoms with Crippen LogP contribution in [0.4, 0.5) is 10.8 Å². The Bertz CT molecular complexity index is 486. The number of carbonyl (C=O) groups is 1. The van der Waals surface area contributed by atoms with E-state index in [2.05, 4.69) is 14.6 Å². The average Bonchev–Trinajstić information content (AvgIpc) is 2.93. The SMILES string of the molecule is COC1CCN(c2snc(N)c2C(=O)NC2CC2)C1. The average molecular weight is 282 g/mol. The first-order valence-electron chi connectivity index (χ1n) is 6.52. The van der Waals surface area contributed by atoms with Crippen molar-refractivity contribution in [2.45, 2.75) is 31.4 Å². The highest BCUT2D eigenvalue weighted by Gasteiger charge is 2.31. The predicted octanol–water partition coefficient (Wildman–Crippen LogP) is 0.843. The molecule has 104 valence electrons. The van der Waals surface area contributed by atoms with Crippen molar-refractivity contribution in [3.05, 3.63) is 5.56 Å². The highest BCUT2D eigenvalue weighted by molar-refractivity contribution is 7.11. The quantitative estimate of drug-likeness (QED) is 0.855. The lowest BCUT2D eigenvalue weighted by molar-refractivity contribution is 0.0952. The highest BCUT2D eigenvalue weighted by atomic mass is 32.1. The molecule has 1 saturated heterocycles. The van der Waals surface area contributed by atoms with Gasteiger partial charge in [-0.25, -0.2) is 0 Å². The van der Waals surface area contributed by atoms with Gasteiger partial charge in [0.25, 0.3) is 5.91 Å². The number of amides is 1. The summed E-state index contributed by atoms with van der Waals surface area (Å²) in [4.78, 5) is 14.4. The molecule has 1 aliphatic carbocycles. The maximum atomic E-state index is 12.2. The molecule has 0 spiro atoms. The standard InChI is InChI=1S/C12H18N4O2S/c1-18-8-4-5-16(6-8)12-9(10(13)15-19-12)11(17)14-7-2-3-7/h7-8H,2-6H2,1H3,(H2,13,15)(H,14,17). The Kier molecular flexibility index (Phi) is 3.32. The maximum absolute atomic E-state index is 12.2. The fourth-order valence-corrected chi connectivity index (χ4v) is 3.16. The molecular formula is C12H18N4O2S. The minimum Gasteiger partial charge on any atom is -0.382 e. The van der Waals surface area contributed by atoms with E-state index in [1.165, 1.54) is 11.5 Å². The van der Waals surface area contributed by atoms with Gasteiger partial charge < -0.3 is 20.7 Å². The summed E-state index contributed by atoms with van der Waals surface area (Å²) in [7, 11) is 1.72. The number of methoxy groups -OCH3 is 1. The molecule has 1 aromatic heterocycles. The van der Waals surface area contributed by atoms with E-state index in [0.717, 1.165) is 37.4 Å². The minimum absolute atomic E-state index is 0.0929. The Morgan fingerprint density at radius 1 is 1.53 bits per heavy atom. The Morgan fingerprint density at radius 2 is 2.32 bits per heavy atom. The van der Waals surface area contributed by atoms with Gasteiger partial charge in [-0.1, -0.05) is 0 Å². The summed E-state index contributed by atoms with van der Waals surface area (Å²) in [6, 6.07) is 0.324. The lowest BCUT2D eigenvalue weighted by atomic mass is 10.2. The van der Waals surface area contributed by atoms with Crippen LogP contribution in [0.15, 0.2) is 0 Å². The number of rotatable bonds is 4. The molecule has 2 heterocycles. The second kappa shape index (κ2) is 4.97. The lowest BCUT2D eigenvalue weighted by Crippen LogP contribution is -2.29. The third-order valence-electron chi connectivity index (χ3n) is 3.61. The predicted molar refractivity (Wildman–Crippen MR) is 74.6 cm³/mol. The van der Waals surface area contributed by atoms with E-state index in [1.807, 2.05) is 0 Å². The van der Waals surface area contributed by atoms with Gasteiger partial charge >= 0.3 is 0 Å². The van der Waals surface area contributed by atoms with Crippen LogP contribution in [0.2, 0.25) is 0 Å². The number of hydrogen-bond donors (Lipinski definition) is 2. The van der Waals surface area contributed by atoms with E-state index in [4.69, 9.17) is 10.5 Å². The summed E-state index contributed by atoms with van der Waals surface area (Å²) in [5, 5.41) is 3.85. The molecule has 2 aliphatic rings. The van der Waals surface area contributed by atoms with Gasteiger partial charge in [0, 0.05) is 26.2 Å². The number of nitrogens with zero attached hydrogens (tertiary/aromatic N) is 2. The Morgan fingerprint density at radius 3 is 2.95 bits per heavy atom. The van der Waals surface area contributed by atoms with E-state index < -0.39 is 0 Å². The van der Waals surface area contributed by atoms with Crippen molar-refractivity contribution < 1.29 is 9.53 Å². The molecule has 0 radical (unpaired) electrons. The molecule has 1 aromatic rings. The first-order valence-corrected chi connectivity index (χ1v) is 7.30. The van der Waals surface area contributed by atoms with Crippen molar-refractivity contribution in [2.75, 3.05) is 30.8 Å². The second-order valence-corrected chi connectivity index (χ2v) is 5.84. The molecule has 1 amide bonds. The van der Waals surface area contributed by atoms with Crippen LogP contribution in [0.25, 0.3) is 0 Å². The van der Waals surface area contributed by atoms with E-state index >= 15 is 0 Å². The lowest BCUT2D eigenvalue weighted by Gasteiger charge is -2.17. The van der Waals surface area contributed by atoms with Gasteiger partial charge in [-0.05, 0) is 30.8 Å². The maximum Gasteiger partial charge on any atom is 0.258 e. The number of nitrogens with two attached hydrogens (primary N) is 1. The van der Waals surface area contributed by atoms with Crippen molar-refractivity contribution in [3.63, 3.8) is 0 Å². The molecule has 1 saturated carbocycles. The number of hydrogen-bond acceptors (Lipinski definition) is 6. The topological polar surface area (TPSA) is 80.5 Å².